The molecule has 0 bridgehead atoms. The Kier molecular flexibility index (Phi) is 32.4. The van der Waals surface area contributed by atoms with E-state index in [0.29, 0.717) is 93.6 Å². The average Bonchev–Trinajstić information content (AvgIpc) is 1.59. The van der Waals surface area contributed by atoms with Gasteiger partial charge in [0, 0.05) is 39.7 Å². The second-order valence-electron chi connectivity index (χ2n) is 42.7. The summed E-state index contributed by atoms with van der Waals surface area (Å²) in [6.45, 7) is 35.7. The highest BCUT2D eigenvalue weighted by molar-refractivity contribution is 7.92. The van der Waals surface area contributed by atoms with Crippen molar-refractivity contribution in [2.24, 2.45) is 21.7 Å². The third-order valence-corrected chi connectivity index (χ3v) is 27.1. The molecule has 11 aromatic rings. The number of ether oxygens (including phenoxy) is 2. The van der Waals surface area contributed by atoms with Crippen LogP contribution >= 0.6 is 23.2 Å². The van der Waals surface area contributed by atoms with Gasteiger partial charge in [-0.3, -0.25) is 43.1 Å². The Morgan fingerprint density at radius 2 is 0.851 bits per heavy atom. The Bertz CT molecular complexity index is 7210. The monoisotopic (exact) mass is 2010 g/mol. The largest absolute Gasteiger partial charge is 0.435 e. The van der Waals surface area contributed by atoms with Crippen LogP contribution in [0.25, 0.3) is 56.3 Å². The van der Waals surface area contributed by atoms with Crippen molar-refractivity contribution in [3.63, 3.8) is 0 Å². The number of oxazole rings is 2. The number of amides is 4. The van der Waals surface area contributed by atoms with Crippen molar-refractivity contribution in [2.45, 2.75) is 237 Å². The minimum atomic E-state index is -3.78. The van der Waals surface area contributed by atoms with Gasteiger partial charge in [-0.25, -0.2) is 44.8 Å². The standard InChI is InChI=1S/C56H62ClN5O7S.C53H63ClN6O9S2/c1-34-27-41(23-20-36(34)30-38(32-58)52-60-47-31-39(22-26-48(47)68-52)56(8,9)33-54(2,3)4)62(40-15-11-12-16-40)53(65)69-49(50(63)55(5,6)7)51(64)59-46-29-35(19-24-44(46)57)28-37-21-25-45(61-70(10,66)67)43-18-14-13-17-42(37)43;1-32-24-40(21-18-34(32)27-36(30-55)49-57-44-28-37(19-23-45(44)68-49)53(8,9)31-51(2,3)4)60(39-14-12-13-15-39)50(63)69-46(47(61)52(5,6)7)48(62)56-43-26-33(16-22-41(43)54)25-35-17-20-38(58-70(10,64)65)29-42(35)59-71(11,66)67/h13-14,17-27,29-31,40,49,61H,11-12,15-16,28,33H2,1-10H3,(H,59,64);16-24,26-29,39,46,58-59H,12-15,25,31H2,1-11H3,(H,56,62)/b38-30+;36-27+. The molecule has 0 radical (unpaired) electrons. The molecule has 13 rings (SSSR count). The molecular formula is C109H125Cl2N11O16S3. The summed E-state index contributed by atoms with van der Waals surface area (Å²) in [5.41, 5.74) is 10.6. The zero-order valence-electron chi connectivity index (χ0n) is 83.7. The Morgan fingerprint density at radius 3 is 1.23 bits per heavy atom. The summed E-state index contributed by atoms with van der Waals surface area (Å²) in [7, 11) is -11.0. The minimum Gasteiger partial charge on any atom is -0.435 e. The fourth-order valence-corrected chi connectivity index (χ4v) is 20.7. The van der Waals surface area contributed by atoms with Gasteiger partial charge in [0.2, 0.25) is 54.1 Å². The summed E-state index contributed by atoms with van der Waals surface area (Å²) in [5, 5.41) is 28.0. The van der Waals surface area contributed by atoms with Crippen molar-refractivity contribution in [3.05, 3.63) is 241 Å². The fourth-order valence-electron chi connectivity index (χ4n) is 18.6. The van der Waals surface area contributed by atoms with Crippen LogP contribution in [-0.2, 0) is 82.4 Å². The molecule has 2 fully saturated rings. The number of halogens is 2. The number of allylic oxidation sites excluding steroid dienone is 2. The van der Waals surface area contributed by atoms with Crippen LogP contribution in [0.3, 0.4) is 0 Å². The second kappa shape index (κ2) is 42.6. The third-order valence-electron chi connectivity index (χ3n) is 24.7. The van der Waals surface area contributed by atoms with Crippen LogP contribution in [0.4, 0.5) is 49.4 Å². The van der Waals surface area contributed by atoms with Gasteiger partial charge in [0.15, 0.2) is 22.7 Å². The summed E-state index contributed by atoms with van der Waals surface area (Å²) >= 11 is 13.3. The maximum absolute atomic E-state index is 14.5. The van der Waals surface area contributed by atoms with Crippen LogP contribution < -0.4 is 34.6 Å². The van der Waals surface area contributed by atoms with Crippen molar-refractivity contribution in [3.8, 4) is 12.1 Å². The topological polar surface area (TPSA) is 390 Å². The number of aromatic nitrogens is 2. The second-order valence-corrected chi connectivity index (χ2v) is 48.8. The molecule has 2 aliphatic carbocycles. The Labute approximate surface area is 837 Å². The van der Waals surface area contributed by atoms with Crippen LogP contribution in [0.5, 0.6) is 0 Å². The van der Waals surface area contributed by atoms with Crippen molar-refractivity contribution < 1.29 is 72.3 Å². The average molecular weight is 2010 g/mol. The number of benzene rings is 9. The highest BCUT2D eigenvalue weighted by Crippen LogP contribution is 2.43. The number of nitrogens with zero attached hydrogens (tertiary/aromatic N) is 6. The number of sulfonamides is 3. The van der Waals surface area contributed by atoms with E-state index in [4.69, 9.17) is 51.5 Å². The molecule has 0 saturated heterocycles. The number of carbonyl (C=O) groups excluding carboxylic acids is 6. The number of fused-ring (bicyclic) bond motifs is 3. The van der Waals surface area contributed by atoms with Gasteiger partial charge in [-0.1, -0.05) is 232 Å². The summed E-state index contributed by atoms with van der Waals surface area (Å²) in [5.74, 6) is -2.68. The summed E-state index contributed by atoms with van der Waals surface area (Å²) in [4.78, 5) is 98.2. The number of aryl methyl sites for hydroxylation is 2. The van der Waals surface area contributed by atoms with Crippen LogP contribution in [0, 0.1) is 58.2 Å². The van der Waals surface area contributed by atoms with Crippen LogP contribution in [0.15, 0.2) is 173 Å². The Hall–Kier alpha value is -12.7. The molecule has 2 atom stereocenters. The Balaban J connectivity index is 0.000000252. The number of anilines is 7. The number of Topliss-reactive ketones (excluding diaryl/α,β-unsaturated/α-hetero) is 2. The van der Waals surface area contributed by atoms with Gasteiger partial charge in [-0.2, -0.15) is 10.5 Å². The van der Waals surface area contributed by atoms with Gasteiger partial charge >= 0.3 is 12.2 Å². The SMILES string of the molecule is Cc1cc(N(C(=O)OC(C(=O)Nc2cc(Cc3ccc(NS(C)(=O)=O)c4ccccc34)ccc2Cl)C(=O)C(C)(C)C)C2CCCC2)ccc1/C=C(\C#N)c1nc2cc(C(C)(C)CC(C)(C)C)ccc2o1.Cc1cc(N(C(=O)OC(C(=O)Nc2cc(Cc3ccc(NS(C)(=O)=O)cc3NS(C)(=O)=O)ccc2Cl)C(=O)C(C)(C)C)C2CCCC2)ccc1/C=C(\C#N)c1nc2cc(C(C)(C)CC(C)(C)C)ccc2o1. The lowest BCUT2D eigenvalue weighted by Crippen LogP contribution is -2.48. The maximum atomic E-state index is 14.5. The predicted octanol–water partition coefficient (Wildman–Crippen LogP) is 24.6. The van der Waals surface area contributed by atoms with Crippen LogP contribution in [0.2, 0.25) is 10.0 Å². The van der Waals surface area contributed by atoms with Crippen molar-refractivity contribution >= 4 is 185 Å². The lowest BCUT2D eigenvalue weighted by molar-refractivity contribution is -0.143. The summed E-state index contributed by atoms with van der Waals surface area (Å²) < 4.78 is 104. The first-order valence-electron chi connectivity index (χ1n) is 46.8. The number of carbonyl (C=O) groups is 6. The van der Waals surface area contributed by atoms with Gasteiger partial charge in [0.05, 0.1) is 57.2 Å². The maximum Gasteiger partial charge on any atom is 0.415 e. The number of hydrogen-bond donors (Lipinski definition) is 5. The normalized spacial score (nSPS) is 14.4. The molecule has 2 saturated carbocycles. The zero-order valence-corrected chi connectivity index (χ0v) is 87.7. The van der Waals surface area contributed by atoms with E-state index >= 15 is 0 Å². The summed E-state index contributed by atoms with van der Waals surface area (Å²) in [6, 6.07) is 51.9. The van der Waals surface area contributed by atoms with Crippen molar-refractivity contribution in [2.75, 3.05) is 53.4 Å². The molecule has 0 aliphatic heterocycles. The Morgan fingerprint density at radius 1 is 0.461 bits per heavy atom. The first-order chi connectivity index (χ1) is 65.7. The quantitative estimate of drug-likeness (QED) is 0.0206. The van der Waals surface area contributed by atoms with Gasteiger partial charge < -0.3 is 28.9 Å². The van der Waals surface area contributed by atoms with E-state index < -0.39 is 88.7 Å². The lowest BCUT2D eigenvalue weighted by atomic mass is 9.72. The van der Waals surface area contributed by atoms with Gasteiger partial charge in [-0.05, 0) is 251 Å². The number of nitriles is 2. The molecular weight excluding hydrogens is 1890 g/mol. The summed E-state index contributed by atoms with van der Waals surface area (Å²) in [6.07, 6.45) is 9.59. The first-order valence-corrected chi connectivity index (χ1v) is 53.2. The molecule has 27 nitrogen and oxygen atoms in total. The molecule has 4 amide bonds. The molecule has 141 heavy (non-hydrogen) atoms. The molecule has 5 N–H and O–H groups in total. The molecule has 2 aliphatic rings. The molecule has 2 unspecified atom stereocenters. The van der Waals surface area contributed by atoms with Gasteiger partial charge in [0.1, 0.15) is 34.3 Å². The van der Waals surface area contributed by atoms with E-state index in [2.05, 4.69) is 112 Å². The van der Waals surface area contributed by atoms with Crippen molar-refractivity contribution in [1.82, 2.24) is 9.97 Å². The van der Waals surface area contributed by atoms with E-state index in [1.54, 1.807) is 114 Å². The van der Waals surface area contributed by atoms with Gasteiger partial charge in [0.25, 0.3) is 11.8 Å². The van der Waals surface area contributed by atoms with E-state index in [0.717, 1.165) is 101 Å². The number of rotatable bonds is 30. The van der Waals surface area contributed by atoms with E-state index in [-0.39, 0.29) is 95.9 Å². The van der Waals surface area contributed by atoms with E-state index in [1.807, 2.05) is 92.7 Å². The molecule has 32 heteroatoms. The zero-order chi connectivity index (χ0) is 103. The van der Waals surface area contributed by atoms with Gasteiger partial charge in [-0.15, -0.1) is 0 Å². The molecule has 744 valence electrons. The molecule has 2 aromatic heterocycles. The highest BCUT2D eigenvalue weighted by Gasteiger charge is 2.44. The first kappa shape index (κ1) is 107. The smallest absolute Gasteiger partial charge is 0.415 e. The lowest BCUT2D eigenvalue weighted by Gasteiger charge is -2.33. The molecule has 0 spiro atoms. The van der Waals surface area contributed by atoms with Crippen molar-refractivity contribution in [1.29, 1.82) is 10.5 Å². The molecule has 2 heterocycles. The number of nitrogens with one attached hydrogen (secondary N) is 5. The van der Waals surface area contributed by atoms with Crippen LogP contribution in [-0.4, -0.2) is 114 Å². The van der Waals surface area contributed by atoms with Crippen LogP contribution in [0.1, 0.15) is 242 Å². The number of ketones is 2. The highest BCUT2D eigenvalue weighted by atomic mass is 35.5. The number of hydrogen-bond acceptors (Lipinski definition) is 20. The van der Waals surface area contributed by atoms with E-state index in [1.165, 1.54) is 28.0 Å². The van der Waals surface area contributed by atoms with E-state index in [9.17, 15) is 64.5 Å². The predicted molar refractivity (Wildman–Crippen MR) is 562 cm³/mol. The minimum absolute atomic E-state index is 0.0937. The fraction of sp³-hybridized carbons (Fsp3) is 0.394. The third kappa shape index (κ3) is 28.0. The molecule has 9 aromatic carbocycles.